The van der Waals surface area contributed by atoms with Crippen LogP contribution < -0.4 is 19.5 Å². The van der Waals surface area contributed by atoms with Gasteiger partial charge >= 0.3 is 6.61 Å². The SMILES string of the molecule is COc1ccc(CCNC(=O)c2cc(S(=O)(=O)NC3CC3)ccc2C)cc1OC(F)F. The van der Waals surface area contributed by atoms with E-state index in [9.17, 15) is 22.0 Å². The van der Waals surface area contributed by atoms with Crippen molar-refractivity contribution in [3.8, 4) is 11.5 Å². The van der Waals surface area contributed by atoms with Crippen LogP contribution in [0.3, 0.4) is 0 Å². The Kier molecular flexibility index (Phi) is 7.11. The van der Waals surface area contributed by atoms with Gasteiger partial charge in [0.25, 0.3) is 5.91 Å². The Hall–Kier alpha value is -2.72. The molecule has 3 rings (SSSR count). The number of halogens is 2. The number of amides is 1. The van der Waals surface area contributed by atoms with Crippen LogP contribution in [0.25, 0.3) is 0 Å². The summed E-state index contributed by atoms with van der Waals surface area (Å²) in [4.78, 5) is 12.7. The number of aryl methyl sites for hydroxylation is 1. The van der Waals surface area contributed by atoms with Crippen LogP contribution in [0.15, 0.2) is 41.3 Å². The summed E-state index contributed by atoms with van der Waals surface area (Å²) in [6.07, 6.45) is 1.98. The normalized spacial score (nSPS) is 13.8. The maximum atomic E-state index is 12.6. The number of hydrogen-bond acceptors (Lipinski definition) is 5. The number of carbonyl (C=O) groups excluding carboxylic acids is 1. The Morgan fingerprint density at radius 2 is 1.90 bits per heavy atom. The number of sulfonamides is 1. The van der Waals surface area contributed by atoms with E-state index in [1.165, 1.54) is 31.4 Å². The highest BCUT2D eigenvalue weighted by atomic mass is 32.2. The standard InChI is InChI=1S/C21H24F2N2O5S/c1-13-3-7-16(31(27,28)25-15-5-6-15)12-17(13)20(26)24-10-9-14-4-8-18(29-2)19(11-14)30-21(22)23/h3-4,7-8,11-12,15,21,25H,5-6,9-10H2,1-2H3,(H,24,26). The zero-order chi connectivity index (χ0) is 22.6. The monoisotopic (exact) mass is 454 g/mol. The van der Waals surface area contributed by atoms with Gasteiger partial charge in [0.1, 0.15) is 0 Å². The fourth-order valence-electron chi connectivity index (χ4n) is 2.98. The first-order valence-corrected chi connectivity index (χ1v) is 11.2. The van der Waals surface area contributed by atoms with E-state index in [0.717, 1.165) is 12.8 Å². The molecule has 2 aromatic carbocycles. The Balaban J connectivity index is 1.65. The lowest BCUT2D eigenvalue weighted by molar-refractivity contribution is -0.0512. The third kappa shape index (κ3) is 6.14. The number of benzene rings is 2. The molecule has 0 saturated heterocycles. The van der Waals surface area contributed by atoms with Crippen LogP contribution >= 0.6 is 0 Å². The summed E-state index contributed by atoms with van der Waals surface area (Å²) in [5.41, 5.74) is 1.56. The first-order chi connectivity index (χ1) is 14.7. The summed E-state index contributed by atoms with van der Waals surface area (Å²) in [6.45, 7) is -1.04. The summed E-state index contributed by atoms with van der Waals surface area (Å²) >= 11 is 0. The minimum absolute atomic E-state index is 0.0352. The molecule has 0 bridgehead atoms. The van der Waals surface area contributed by atoms with Crippen molar-refractivity contribution in [2.45, 2.75) is 43.7 Å². The van der Waals surface area contributed by atoms with Crippen LogP contribution in [0.1, 0.15) is 34.3 Å². The lowest BCUT2D eigenvalue weighted by atomic mass is 10.1. The number of rotatable bonds is 10. The van der Waals surface area contributed by atoms with Crippen LogP contribution in [0, 0.1) is 6.92 Å². The fraction of sp³-hybridized carbons (Fsp3) is 0.381. The van der Waals surface area contributed by atoms with E-state index in [-0.39, 0.29) is 34.5 Å². The largest absolute Gasteiger partial charge is 0.493 e. The maximum Gasteiger partial charge on any atom is 0.387 e. The Labute approximate surface area is 179 Å². The maximum absolute atomic E-state index is 12.6. The summed E-state index contributed by atoms with van der Waals surface area (Å²) in [7, 11) is -2.32. The second-order valence-corrected chi connectivity index (χ2v) is 8.96. The van der Waals surface area contributed by atoms with Gasteiger partial charge in [0.05, 0.1) is 12.0 Å². The zero-order valence-corrected chi connectivity index (χ0v) is 18.0. The molecule has 0 spiro atoms. The van der Waals surface area contributed by atoms with Crippen molar-refractivity contribution >= 4 is 15.9 Å². The van der Waals surface area contributed by atoms with Crippen LogP contribution in [0.5, 0.6) is 11.5 Å². The van der Waals surface area contributed by atoms with E-state index >= 15 is 0 Å². The van der Waals surface area contributed by atoms with E-state index in [2.05, 4.69) is 14.8 Å². The second kappa shape index (κ2) is 9.61. The summed E-state index contributed by atoms with van der Waals surface area (Å²) in [5.74, 6) is -0.321. The molecule has 0 aromatic heterocycles. The average Bonchev–Trinajstić information content (AvgIpc) is 3.51. The van der Waals surface area contributed by atoms with Gasteiger partial charge in [-0.2, -0.15) is 8.78 Å². The highest BCUT2D eigenvalue weighted by Crippen LogP contribution is 2.29. The molecular formula is C21H24F2N2O5S. The predicted octanol–water partition coefficient (Wildman–Crippen LogP) is 3.02. The van der Waals surface area contributed by atoms with Gasteiger partial charge in [0.15, 0.2) is 11.5 Å². The van der Waals surface area contributed by atoms with Crippen molar-refractivity contribution in [3.63, 3.8) is 0 Å². The van der Waals surface area contributed by atoms with E-state index in [0.29, 0.717) is 17.5 Å². The molecule has 7 nitrogen and oxygen atoms in total. The Morgan fingerprint density at radius 3 is 2.55 bits per heavy atom. The summed E-state index contributed by atoms with van der Waals surface area (Å²) < 4.78 is 62.0. The third-order valence-corrected chi connectivity index (χ3v) is 6.32. The molecule has 168 valence electrons. The molecule has 1 aliphatic rings. The summed E-state index contributed by atoms with van der Waals surface area (Å²) in [6, 6.07) is 9.01. The topological polar surface area (TPSA) is 93.7 Å². The van der Waals surface area contributed by atoms with Gasteiger partial charge in [-0.15, -0.1) is 0 Å². The van der Waals surface area contributed by atoms with Gasteiger partial charge in [-0.1, -0.05) is 12.1 Å². The van der Waals surface area contributed by atoms with Crippen LogP contribution in [0.2, 0.25) is 0 Å². The smallest absolute Gasteiger partial charge is 0.387 e. The predicted molar refractivity (Wildman–Crippen MR) is 110 cm³/mol. The second-order valence-electron chi connectivity index (χ2n) is 7.24. The molecule has 0 unspecified atom stereocenters. The van der Waals surface area contributed by atoms with E-state index < -0.39 is 22.5 Å². The molecule has 2 aromatic rings. The van der Waals surface area contributed by atoms with Crippen molar-refractivity contribution in [1.82, 2.24) is 10.0 Å². The minimum atomic E-state index is -3.67. The molecular weight excluding hydrogens is 430 g/mol. The molecule has 0 atom stereocenters. The fourth-order valence-corrected chi connectivity index (χ4v) is 4.31. The summed E-state index contributed by atoms with van der Waals surface area (Å²) in [5, 5.41) is 2.73. The molecule has 1 amide bonds. The van der Waals surface area contributed by atoms with Crippen molar-refractivity contribution in [3.05, 3.63) is 53.1 Å². The number of methoxy groups -OCH3 is 1. The zero-order valence-electron chi connectivity index (χ0n) is 17.2. The van der Waals surface area contributed by atoms with Gasteiger partial charge in [-0.3, -0.25) is 4.79 Å². The molecule has 31 heavy (non-hydrogen) atoms. The first-order valence-electron chi connectivity index (χ1n) is 9.72. The van der Waals surface area contributed by atoms with E-state index in [1.54, 1.807) is 19.1 Å². The van der Waals surface area contributed by atoms with E-state index in [1.807, 2.05) is 0 Å². The molecule has 10 heteroatoms. The third-order valence-electron chi connectivity index (χ3n) is 4.81. The van der Waals surface area contributed by atoms with Crippen molar-refractivity contribution in [1.29, 1.82) is 0 Å². The molecule has 1 fully saturated rings. The average molecular weight is 454 g/mol. The Morgan fingerprint density at radius 1 is 1.16 bits per heavy atom. The van der Waals surface area contributed by atoms with Crippen LogP contribution in [0.4, 0.5) is 8.78 Å². The number of alkyl halides is 2. The number of hydrogen-bond donors (Lipinski definition) is 2. The molecule has 0 radical (unpaired) electrons. The van der Waals surface area contributed by atoms with Gasteiger partial charge in [-0.05, 0) is 61.6 Å². The minimum Gasteiger partial charge on any atom is -0.493 e. The van der Waals surface area contributed by atoms with Gasteiger partial charge in [0.2, 0.25) is 10.0 Å². The van der Waals surface area contributed by atoms with Crippen LogP contribution in [-0.2, 0) is 16.4 Å². The first kappa shape index (κ1) is 23.0. The number of carbonyl (C=O) groups is 1. The van der Waals surface area contributed by atoms with Gasteiger partial charge in [-0.25, -0.2) is 13.1 Å². The lowest BCUT2D eigenvalue weighted by Gasteiger charge is -2.13. The molecule has 1 saturated carbocycles. The van der Waals surface area contributed by atoms with Gasteiger partial charge < -0.3 is 14.8 Å². The quantitative estimate of drug-likeness (QED) is 0.576. The number of ether oxygens (including phenoxy) is 2. The van der Waals surface area contributed by atoms with Crippen molar-refractivity contribution in [2.75, 3.05) is 13.7 Å². The highest BCUT2D eigenvalue weighted by Gasteiger charge is 2.28. The van der Waals surface area contributed by atoms with Crippen molar-refractivity contribution < 1.29 is 31.5 Å². The molecule has 0 aliphatic heterocycles. The van der Waals surface area contributed by atoms with Gasteiger partial charge in [0, 0.05) is 18.2 Å². The van der Waals surface area contributed by atoms with Crippen LogP contribution in [-0.4, -0.2) is 40.6 Å². The highest BCUT2D eigenvalue weighted by molar-refractivity contribution is 7.89. The lowest BCUT2D eigenvalue weighted by Crippen LogP contribution is -2.28. The number of nitrogens with one attached hydrogen (secondary N) is 2. The molecule has 1 aliphatic carbocycles. The van der Waals surface area contributed by atoms with Crippen molar-refractivity contribution in [2.24, 2.45) is 0 Å². The van der Waals surface area contributed by atoms with E-state index in [4.69, 9.17) is 4.74 Å². The Bertz CT molecular complexity index is 1060. The molecule has 0 heterocycles. The molecule has 2 N–H and O–H groups in total.